The Morgan fingerprint density at radius 1 is 1.40 bits per heavy atom. The molecule has 5 heteroatoms. The van der Waals surface area contributed by atoms with Gasteiger partial charge in [-0.05, 0) is 6.07 Å². The van der Waals surface area contributed by atoms with E-state index in [1.165, 1.54) is 7.11 Å². The summed E-state index contributed by atoms with van der Waals surface area (Å²) in [5.41, 5.74) is -0.171. The van der Waals surface area contributed by atoms with Crippen molar-refractivity contribution in [2.24, 2.45) is 0 Å². The van der Waals surface area contributed by atoms with Crippen LogP contribution in [-0.4, -0.2) is 26.5 Å². The molecule has 0 aliphatic heterocycles. The summed E-state index contributed by atoms with van der Waals surface area (Å²) in [7, 11) is 2.43. The molecular formula is C10H9FO4. The zero-order valence-corrected chi connectivity index (χ0v) is 8.24. The maximum atomic E-state index is 13.0. The van der Waals surface area contributed by atoms with Crippen molar-refractivity contribution < 1.29 is 23.5 Å². The van der Waals surface area contributed by atoms with E-state index in [1.54, 1.807) is 0 Å². The third kappa shape index (κ3) is 2.12. The molecule has 80 valence electrons. The Morgan fingerprint density at radius 2 is 2.07 bits per heavy atom. The smallest absolute Gasteiger partial charge is 0.338 e. The molecule has 0 heterocycles. The topological polar surface area (TPSA) is 52.6 Å². The molecule has 0 unspecified atom stereocenters. The molecule has 4 nitrogen and oxygen atoms in total. The average molecular weight is 212 g/mol. The van der Waals surface area contributed by atoms with Crippen LogP contribution in [0.5, 0.6) is 5.75 Å². The Balaban J connectivity index is 3.41. The molecule has 0 aromatic heterocycles. The molecule has 0 amide bonds. The number of hydrogen-bond donors (Lipinski definition) is 0. The third-order valence-electron chi connectivity index (χ3n) is 1.85. The van der Waals surface area contributed by atoms with Gasteiger partial charge in [0.15, 0.2) is 6.29 Å². The third-order valence-corrected chi connectivity index (χ3v) is 1.85. The van der Waals surface area contributed by atoms with Crippen LogP contribution in [0, 0.1) is 5.82 Å². The molecule has 0 saturated heterocycles. The number of ether oxygens (including phenoxy) is 2. The molecule has 0 radical (unpaired) electrons. The largest absolute Gasteiger partial charge is 0.496 e. The summed E-state index contributed by atoms with van der Waals surface area (Å²) in [6.45, 7) is 0. The van der Waals surface area contributed by atoms with Gasteiger partial charge in [-0.3, -0.25) is 4.79 Å². The number of carbonyl (C=O) groups excluding carboxylic acids is 2. The van der Waals surface area contributed by atoms with Crippen LogP contribution in [-0.2, 0) is 4.74 Å². The quantitative estimate of drug-likeness (QED) is 0.561. The van der Waals surface area contributed by atoms with E-state index in [2.05, 4.69) is 4.74 Å². The van der Waals surface area contributed by atoms with E-state index in [-0.39, 0.29) is 16.9 Å². The second-order valence-electron chi connectivity index (χ2n) is 2.68. The maximum Gasteiger partial charge on any atom is 0.338 e. The fourth-order valence-electron chi connectivity index (χ4n) is 1.16. The lowest BCUT2D eigenvalue weighted by atomic mass is 10.1. The van der Waals surface area contributed by atoms with Gasteiger partial charge in [-0.1, -0.05) is 0 Å². The van der Waals surface area contributed by atoms with Gasteiger partial charge in [0.1, 0.15) is 11.6 Å². The molecular weight excluding hydrogens is 203 g/mol. The first-order chi connectivity index (χ1) is 7.13. The van der Waals surface area contributed by atoms with E-state index in [0.717, 1.165) is 19.2 Å². The monoisotopic (exact) mass is 212 g/mol. The minimum atomic E-state index is -0.782. The Hall–Kier alpha value is -1.91. The lowest BCUT2D eigenvalue weighted by Gasteiger charge is -2.07. The van der Waals surface area contributed by atoms with Crippen LogP contribution >= 0.6 is 0 Å². The number of benzene rings is 1. The Kier molecular flexibility index (Phi) is 3.38. The number of esters is 1. The van der Waals surface area contributed by atoms with E-state index in [1.807, 2.05) is 0 Å². The highest BCUT2D eigenvalue weighted by Crippen LogP contribution is 2.23. The molecule has 0 fully saturated rings. The molecule has 0 N–H and O–H groups in total. The van der Waals surface area contributed by atoms with E-state index in [9.17, 15) is 14.0 Å². The fourth-order valence-corrected chi connectivity index (χ4v) is 1.16. The van der Waals surface area contributed by atoms with Crippen LogP contribution in [0.3, 0.4) is 0 Å². The van der Waals surface area contributed by atoms with Gasteiger partial charge in [0.25, 0.3) is 0 Å². The lowest BCUT2D eigenvalue weighted by Crippen LogP contribution is -2.07. The van der Waals surface area contributed by atoms with Gasteiger partial charge >= 0.3 is 5.97 Å². The van der Waals surface area contributed by atoms with Gasteiger partial charge in [-0.15, -0.1) is 0 Å². The molecule has 0 spiro atoms. The Labute approximate surface area is 85.6 Å². The molecule has 1 aromatic rings. The lowest BCUT2D eigenvalue weighted by molar-refractivity contribution is 0.0597. The predicted molar refractivity (Wildman–Crippen MR) is 49.7 cm³/mol. The number of halogens is 1. The summed E-state index contributed by atoms with van der Waals surface area (Å²) in [5.74, 6) is -1.45. The van der Waals surface area contributed by atoms with Crippen molar-refractivity contribution >= 4 is 12.3 Å². The van der Waals surface area contributed by atoms with E-state index >= 15 is 0 Å². The maximum absolute atomic E-state index is 13.0. The van der Waals surface area contributed by atoms with Crippen molar-refractivity contribution in [1.29, 1.82) is 0 Å². The molecule has 1 rings (SSSR count). The first-order valence-corrected chi connectivity index (χ1v) is 4.05. The van der Waals surface area contributed by atoms with Gasteiger partial charge in [0, 0.05) is 6.07 Å². The number of methoxy groups -OCH3 is 2. The van der Waals surface area contributed by atoms with E-state index in [0.29, 0.717) is 6.29 Å². The van der Waals surface area contributed by atoms with Gasteiger partial charge < -0.3 is 9.47 Å². The Bertz CT molecular complexity index is 401. The number of hydrogen-bond acceptors (Lipinski definition) is 4. The highest BCUT2D eigenvalue weighted by atomic mass is 19.1. The summed E-state index contributed by atoms with van der Waals surface area (Å²) >= 11 is 0. The van der Waals surface area contributed by atoms with Crippen LogP contribution in [0.25, 0.3) is 0 Å². The highest BCUT2D eigenvalue weighted by Gasteiger charge is 2.17. The summed E-state index contributed by atoms with van der Waals surface area (Å²) in [6.07, 6.45) is 0.421. The highest BCUT2D eigenvalue weighted by molar-refractivity contribution is 5.99. The minimum absolute atomic E-state index is 0.00500. The van der Waals surface area contributed by atoms with Gasteiger partial charge in [-0.2, -0.15) is 0 Å². The van der Waals surface area contributed by atoms with Crippen LogP contribution < -0.4 is 4.74 Å². The van der Waals surface area contributed by atoms with Crippen molar-refractivity contribution in [2.45, 2.75) is 0 Å². The standard InChI is InChI=1S/C10H9FO4/c1-14-9-4-6(11)3-7(8(9)5-12)10(13)15-2/h3-5H,1-2H3. The van der Waals surface area contributed by atoms with Crippen LogP contribution in [0.1, 0.15) is 20.7 Å². The first-order valence-electron chi connectivity index (χ1n) is 4.05. The second kappa shape index (κ2) is 4.54. The number of aldehydes is 1. The van der Waals surface area contributed by atoms with Gasteiger partial charge in [0.05, 0.1) is 25.3 Å². The zero-order valence-electron chi connectivity index (χ0n) is 8.24. The van der Waals surface area contributed by atoms with Crippen LogP contribution in [0.15, 0.2) is 12.1 Å². The Morgan fingerprint density at radius 3 is 2.53 bits per heavy atom. The second-order valence-corrected chi connectivity index (χ2v) is 2.68. The molecule has 0 bridgehead atoms. The summed E-state index contributed by atoms with van der Waals surface area (Å²) < 4.78 is 22.2. The fraction of sp³-hybridized carbons (Fsp3) is 0.200. The number of rotatable bonds is 3. The van der Waals surface area contributed by atoms with Gasteiger partial charge in [0.2, 0.25) is 0 Å². The molecule has 1 aromatic carbocycles. The average Bonchev–Trinajstić information content (AvgIpc) is 2.26. The summed E-state index contributed by atoms with van der Waals surface area (Å²) in [4.78, 5) is 21.9. The van der Waals surface area contributed by atoms with E-state index < -0.39 is 11.8 Å². The van der Waals surface area contributed by atoms with Crippen molar-refractivity contribution in [3.63, 3.8) is 0 Å². The molecule has 0 aliphatic carbocycles. The molecule has 0 aliphatic rings. The summed E-state index contributed by atoms with van der Waals surface area (Å²) in [6, 6.07) is 1.95. The number of carbonyl (C=O) groups is 2. The van der Waals surface area contributed by atoms with Crippen LogP contribution in [0.4, 0.5) is 4.39 Å². The van der Waals surface area contributed by atoms with Crippen molar-refractivity contribution in [1.82, 2.24) is 0 Å². The minimum Gasteiger partial charge on any atom is -0.496 e. The van der Waals surface area contributed by atoms with Crippen molar-refractivity contribution in [3.8, 4) is 5.75 Å². The molecule has 0 saturated carbocycles. The molecule has 0 atom stereocenters. The van der Waals surface area contributed by atoms with Gasteiger partial charge in [-0.25, -0.2) is 9.18 Å². The zero-order chi connectivity index (χ0) is 11.4. The van der Waals surface area contributed by atoms with E-state index in [4.69, 9.17) is 4.74 Å². The normalized spacial score (nSPS) is 9.53. The SMILES string of the molecule is COC(=O)c1cc(F)cc(OC)c1C=O. The van der Waals surface area contributed by atoms with Crippen molar-refractivity contribution in [2.75, 3.05) is 14.2 Å². The van der Waals surface area contributed by atoms with Crippen molar-refractivity contribution in [3.05, 3.63) is 29.1 Å². The summed E-state index contributed by atoms with van der Waals surface area (Å²) in [5, 5.41) is 0. The molecule has 15 heavy (non-hydrogen) atoms. The predicted octanol–water partition coefficient (Wildman–Crippen LogP) is 1.43. The van der Waals surface area contributed by atoms with Crippen LogP contribution in [0.2, 0.25) is 0 Å². The first kappa shape index (κ1) is 11.2.